The molecule has 0 radical (unpaired) electrons. The van der Waals surface area contributed by atoms with Crippen LogP contribution in [0.4, 0.5) is 5.13 Å². The molecular formula is C9H12BrN3S. The van der Waals surface area contributed by atoms with Crippen LogP contribution in [0.15, 0.2) is 3.92 Å². The monoisotopic (exact) mass is 273 g/mol. The number of rotatable bonds is 1. The minimum atomic E-state index is 0.894. The summed E-state index contributed by atoms with van der Waals surface area (Å²) in [6.07, 6.45) is 4.28. The van der Waals surface area contributed by atoms with Crippen molar-refractivity contribution in [2.45, 2.75) is 19.3 Å². The number of halogens is 1. The Morgan fingerprint density at radius 3 is 2.50 bits per heavy atom. The third-order valence-corrected chi connectivity index (χ3v) is 4.68. The van der Waals surface area contributed by atoms with Crippen LogP contribution in [0.2, 0.25) is 0 Å². The highest BCUT2D eigenvalue weighted by atomic mass is 79.9. The van der Waals surface area contributed by atoms with Crippen LogP contribution < -0.4 is 4.90 Å². The van der Waals surface area contributed by atoms with E-state index in [1.807, 2.05) is 0 Å². The Kier molecular flexibility index (Phi) is 2.24. The molecular weight excluding hydrogens is 262 g/mol. The first-order valence-corrected chi connectivity index (χ1v) is 6.66. The van der Waals surface area contributed by atoms with E-state index >= 15 is 0 Å². The molecule has 2 aliphatic rings. The maximum absolute atomic E-state index is 4.18. The summed E-state index contributed by atoms with van der Waals surface area (Å²) in [6.45, 7) is 2.39. The Labute approximate surface area is 95.6 Å². The van der Waals surface area contributed by atoms with E-state index < -0.39 is 0 Å². The van der Waals surface area contributed by atoms with Crippen molar-refractivity contribution < 1.29 is 0 Å². The van der Waals surface area contributed by atoms with Crippen molar-refractivity contribution in [3.63, 3.8) is 0 Å². The Balaban J connectivity index is 1.80. The first-order valence-electron chi connectivity index (χ1n) is 5.05. The summed E-state index contributed by atoms with van der Waals surface area (Å²) in [6, 6.07) is 0. The maximum atomic E-state index is 4.18. The molecule has 1 aromatic rings. The zero-order valence-electron chi connectivity index (χ0n) is 7.82. The molecule has 3 rings (SSSR count). The van der Waals surface area contributed by atoms with Gasteiger partial charge in [-0.2, -0.15) is 0 Å². The normalized spacial score (nSPS) is 31.1. The molecule has 14 heavy (non-hydrogen) atoms. The average Bonchev–Trinajstić information content (AvgIpc) is 2.73. The molecule has 1 saturated carbocycles. The third kappa shape index (κ3) is 1.56. The number of piperidine rings is 1. The van der Waals surface area contributed by atoms with Gasteiger partial charge in [0.25, 0.3) is 0 Å². The minimum absolute atomic E-state index is 0.894. The van der Waals surface area contributed by atoms with Crippen LogP contribution in [0.1, 0.15) is 19.3 Å². The van der Waals surface area contributed by atoms with Crippen molar-refractivity contribution in [2.24, 2.45) is 11.8 Å². The van der Waals surface area contributed by atoms with Gasteiger partial charge in [-0.15, -0.1) is 10.2 Å². The van der Waals surface area contributed by atoms with Crippen LogP contribution in [0, 0.1) is 11.8 Å². The van der Waals surface area contributed by atoms with E-state index in [0.717, 1.165) is 20.9 Å². The Morgan fingerprint density at radius 1 is 1.21 bits per heavy atom. The van der Waals surface area contributed by atoms with Gasteiger partial charge in [0.05, 0.1) is 0 Å². The van der Waals surface area contributed by atoms with Crippen molar-refractivity contribution in [1.82, 2.24) is 10.2 Å². The van der Waals surface area contributed by atoms with Crippen LogP contribution in [0.25, 0.3) is 0 Å². The van der Waals surface area contributed by atoms with Crippen molar-refractivity contribution in [3.8, 4) is 0 Å². The lowest BCUT2D eigenvalue weighted by molar-refractivity contribution is 0.420. The van der Waals surface area contributed by atoms with E-state index in [0.29, 0.717) is 0 Å². The minimum Gasteiger partial charge on any atom is -0.346 e. The van der Waals surface area contributed by atoms with E-state index in [-0.39, 0.29) is 0 Å². The number of fused-ring (bicyclic) bond motifs is 2. The first kappa shape index (κ1) is 9.09. The second kappa shape index (κ2) is 3.45. The lowest BCUT2D eigenvalue weighted by atomic mass is 9.99. The highest BCUT2D eigenvalue weighted by molar-refractivity contribution is 9.11. The van der Waals surface area contributed by atoms with Crippen LogP contribution in [0.5, 0.6) is 0 Å². The molecule has 1 aromatic heterocycles. The average molecular weight is 274 g/mol. The number of aromatic nitrogens is 2. The van der Waals surface area contributed by atoms with Crippen molar-refractivity contribution >= 4 is 32.4 Å². The van der Waals surface area contributed by atoms with E-state index in [4.69, 9.17) is 0 Å². The lowest BCUT2D eigenvalue weighted by Gasteiger charge is -2.30. The molecule has 5 heteroatoms. The van der Waals surface area contributed by atoms with Gasteiger partial charge in [0.2, 0.25) is 5.13 Å². The second-order valence-corrected chi connectivity index (χ2v) is 6.52. The fraction of sp³-hybridized carbons (Fsp3) is 0.778. The smallest absolute Gasteiger partial charge is 0.209 e. The molecule has 1 aliphatic heterocycles. The predicted molar refractivity (Wildman–Crippen MR) is 60.7 cm³/mol. The Morgan fingerprint density at radius 2 is 1.93 bits per heavy atom. The molecule has 0 amide bonds. The van der Waals surface area contributed by atoms with Gasteiger partial charge in [-0.3, -0.25) is 0 Å². The number of anilines is 1. The van der Waals surface area contributed by atoms with Gasteiger partial charge in [-0.25, -0.2) is 0 Å². The second-order valence-electron chi connectivity index (χ2n) is 4.29. The fourth-order valence-electron chi connectivity index (χ4n) is 2.69. The standard InChI is InChI=1S/C9H12BrN3S/c10-8-11-12-9(14-8)13-4-6-1-2-7(3-6)5-13/h6-7H,1-5H2. The van der Waals surface area contributed by atoms with Crippen LogP contribution in [-0.4, -0.2) is 23.3 Å². The molecule has 3 nitrogen and oxygen atoms in total. The molecule has 1 saturated heterocycles. The summed E-state index contributed by atoms with van der Waals surface area (Å²) in [5.74, 6) is 1.83. The number of hydrogen-bond donors (Lipinski definition) is 0. The number of nitrogens with zero attached hydrogens (tertiary/aromatic N) is 3. The van der Waals surface area contributed by atoms with Gasteiger partial charge in [0.15, 0.2) is 3.92 Å². The first-order chi connectivity index (χ1) is 6.81. The molecule has 2 atom stereocenters. The predicted octanol–water partition coefficient (Wildman–Crippen LogP) is 2.54. The molecule has 2 unspecified atom stereocenters. The number of hydrogen-bond acceptors (Lipinski definition) is 4. The molecule has 2 fully saturated rings. The summed E-state index contributed by atoms with van der Waals surface area (Å²) in [4.78, 5) is 2.41. The Hall–Kier alpha value is -0.160. The van der Waals surface area contributed by atoms with E-state index in [1.165, 1.54) is 32.4 Å². The van der Waals surface area contributed by atoms with Gasteiger partial charge < -0.3 is 4.90 Å². The SMILES string of the molecule is Brc1nnc(N2CC3CCC(C3)C2)s1. The zero-order valence-corrected chi connectivity index (χ0v) is 10.2. The van der Waals surface area contributed by atoms with Crippen LogP contribution in [0.3, 0.4) is 0 Å². The molecule has 0 spiro atoms. The topological polar surface area (TPSA) is 29.0 Å². The maximum Gasteiger partial charge on any atom is 0.209 e. The zero-order chi connectivity index (χ0) is 9.54. The van der Waals surface area contributed by atoms with E-state index in [1.54, 1.807) is 11.3 Å². The quantitative estimate of drug-likeness (QED) is 0.788. The third-order valence-electron chi connectivity index (χ3n) is 3.27. The summed E-state index contributed by atoms with van der Waals surface area (Å²) in [7, 11) is 0. The Bertz CT molecular complexity index is 329. The summed E-state index contributed by atoms with van der Waals surface area (Å²) >= 11 is 5.01. The highest BCUT2D eigenvalue weighted by Crippen LogP contribution is 2.39. The molecule has 2 bridgehead atoms. The summed E-state index contributed by atoms with van der Waals surface area (Å²) < 4.78 is 0.894. The van der Waals surface area contributed by atoms with E-state index in [9.17, 15) is 0 Å². The van der Waals surface area contributed by atoms with Crippen LogP contribution in [-0.2, 0) is 0 Å². The van der Waals surface area contributed by atoms with Gasteiger partial charge in [-0.1, -0.05) is 11.3 Å². The summed E-state index contributed by atoms with van der Waals surface area (Å²) in [5.41, 5.74) is 0. The molecule has 2 heterocycles. The van der Waals surface area contributed by atoms with Gasteiger partial charge in [0.1, 0.15) is 0 Å². The molecule has 1 aliphatic carbocycles. The van der Waals surface area contributed by atoms with Crippen molar-refractivity contribution in [2.75, 3.05) is 18.0 Å². The van der Waals surface area contributed by atoms with Gasteiger partial charge >= 0.3 is 0 Å². The highest BCUT2D eigenvalue weighted by Gasteiger charge is 2.33. The molecule has 76 valence electrons. The van der Waals surface area contributed by atoms with Gasteiger partial charge in [0, 0.05) is 13.1 Å². The van der Waals surface area contributed by atoms with Crippen LogP contribution >= 0.6 is 27.3 Å². The largest absolute Gasteiger partial charge is 0.346 e. The summed E-state index contributed by atoms with van der Waals surface area (Å²) in [5, 5.41) is 9.28. The molecule has 0 N–H and O–H groups in total. The van der Waals surface area contributed by atoms with Gasteiger partial charge in [-0.05, 0) is 47.0 Å². The van der Waals surface area contributed by atoms with E-state index in [2.05, 4.69) is 31.0 Å². The molecule has 0 aromatic carbocycles. The lowest BCUT2D eigenvalue weighted by Crippen LogP contribution is -2.36. The fourth-order valence-corrected chi connectivity index (χ4v) is 3.80. The van der Waals surface area contributed by atoms with Crippen molar-refractivity contribution in [1.29, 1.82) is 0 Å². The van der Waals surface area contributed by atoms with Crippen molar-refractivity contribution in [3.05, 3.63) is 3.92 Å².